The fourth-order valence-electron chi connectivity index (χ4n) is 2.08. The number of aromatic nitrogens is 1. The van der Waals surface area contributed by atoms with Crippen LogP contribution in [-0.4, -0.2) is 5.16 Å². The van der Waals surface area contributed by atoms with Gasteiger partial charge in [-0.2, -0.15) is 0 Å². The van der Waals surface area contributed by atoms with Crippen LogP contribution in [0, 0.1) is 19.7 Å². The molecule has 2 aromatic rings. The van der Waals surface area contributed by atoms with Gasteiger partial charge in [0.15, 0.2) is 0 Å². The number of anilines is 2. The number of nitrogens with zero attached hydrogens (tertiary/aromatic N) is 1. The summed E-state index contributed by atoms with van der Waals surface area (Å²) >= 11 is 0. The molecule has 0 amide bonds. The summed E-state index contributed by atoms with van der Waals surface area (Å²) in [4.78, 5) is 0. The van der Waals surface area contributed by atoms with Crippen molar-refractivity contribution in [1.29, 1.82) is 0 Å². The predicted octanol–water partition coefficient (Wildman–Crippen LogP) is 3.19. The lowest BCUT2D eigenvalue weighted by molar-refractivity contribution is 0.392. The number of nitrogen functional groups attached to an aromatic ring is 1. The minimum Gasteiger partial charge on any atom is -0.397 e. The average Bonchev–Trinajstić information content (AvgIpc) is 2.62. The second kappa shape index (κ2) is 4.68. The molecule has 3 N–H and O–H groups in total. The van der Waals surface area contributed by atoms with Crippen molar-refractivity contribution in [2.24, 2.45) is 0 Å². The molecule has 0 bridgehead atoms. The van der Waals surface area contributed by atoms with Crippen molar-refractivity contribution in [1.82, 2.24) is 5.16 Å². The first kappa shape index (κ1) is 12.4. The average molecular weight is 249 g/mol. The first-order chi connectivity index (χ1) is 8.49. The Hall–Kier alpha value is -2.04. The van der Waals surface area contributed by atoms with Gasteiger partial charge in [-0.05, 0) is 39.0 Å². The Kier molecular flexibility index (Phi) is 3.23. The Bertz CT molecular complexity index is 546. The van der Waals surface area contributed by atoms with Gasteiger partial charge in [0.25, 0.3) is 0 Å². The standard InChI is InChI=1S/C13H16FN3O/c1-7(13-8(2)17-18-9(13)3)16-12-5-4-10(14)6-11(12)15/h4-7,16H,15H2,1-3H3. The van der Waals surface area contributed by atoms with E-state index < -0.39 is 0 Å². The normalized spacial score (nSPS) is 12.4. The largest absolute Gasteiger partial charge is 0.397 e. The smallest absolute Gasteiger partial charge is 0.139 e. The van der Waals surface area contributed by atoms with Gasteiger partial charge in [-0.25, -0.2) is 4.39 Å². The lowest BCUT2D eigenvalue weighted by Gasteiger charge is -2.16. The number of nitrogens with one attached hydrogen (secondary N) is 1. The van der Waals surface area contributed by atoms with Crippen LogP contribution in [0.5, 0.6) is 0 Å². The summed E-state index contributed by atoms with van der Waals surface area (Å²) in [5.74, 6) is 0.427. The van der Waals surface area contributed by atoms with E-state index in [1.54, 1.807) is 6.07 Å². The van der Waals surface area contributed by atoms with E-state index in [0.29, 0.717) is 11.4 Å². The highest BCUT2D eigenvalue weighted by atomic mass is 19.1. The van der Waals surface area contributed by atoms with Crippen LogP contribution >= 0.6 is 0 Å². The Morgan fingerprint density at radius 1 is 1.39 bits per heavy atom. The van der Waals surface area contributed by atoms with Crippen molar-refractivity contribution in [3.05, 3.63) is 41.0 Å². The third-order valence-electron chi connectivity index (χ3n) is 2.91. The highest BCUT2D eigenvalue weighted by molar-refractivity contribution is 5.66. The van der Waals surface area contributed by atoms with Crippen molar-refractivity contribution < 1.29 is 8.91 Å². The van der Waals surface area contributed by atoms with Crippen LogP contribution in [0.3, 0.4) is 0 Å². The molecular weight excluding hydrogens is 233 g/mol. The van der Waals surface area contributed by atoms with E-state index in [9.17, 15) is 4.39 Å². The van der Waals surface area contributed by atoms with Gasteiger partial charge in [0.05, 0.1) is 23.1 Å². The maximum Gasteiger partial charge on any atom is 0.139 e. The van der Waals surface area contributed by atoms with Gasteiger partial charge in [-0.15, -0.1) is 0 Å². The molecule has 0 aliphatic heterocycles. The van der Waals surface area contributed by atoms with E-state index >= 15 is 0 Å². The van der Waals surface area contributed by atoms with Crippen molar-refractivity contribution >= 4 is 11.4 Å². The zero-order valence-corrected chi connectivity index (χ0v) is 10.6. The monoisotopic (exact) mass is 249 g/mol. The molecule has 0 radical (unpaired) electrons. The van der Waals surface area contributed by atoms with Crippen LogP contribution in [0.1, 0.15) is 30.0 Å². The molecule has 0 fully saturated rings. The molecule has 1 aromatic heterocycles. The Labute approximate surface area is 105 Å². The summed E-state index contributed by atoms with van der Waals surface area (Å²) < 4.78 is 18.1. The number of aryl methyl sites for hydroxylation is 2. The summed E-state index contributed by atoms with van der Waals surface area (Å²) in [5.41, 5.74) is 8.68. The molecule has 4 nitrogen and oxygen atoms in total. The van der Waals surface area contributed by atoms with Crippen molar-refractivity contribution in [2.75, 3.05) is 11.1 Å². The molecular formula is C13H16FN3O. The number of benzene rings is 1. The topological polar surface area (TPSA) is 64.1 Å². The maximum absolute atomic E-state index is 13.0. The summed E-state index contributed by atoms with van der Waals surface area (Å²) in [5, 5.41) is 7.14. The highest BCUT2D eigenvalue weighted by Gasteiger charge is 2.16. The van der Waals surface area contributed by atoms with E-state index in [4.69, 9.17) is 10.3 Å². The predicted molar refractivity (Wildman–Crippen MR) is 68.8 cm³/mol. The molecule has 0 spiro atoms. The second-order valence-electron chi connectivity index (χ2n) is 4.34. The molecule has 1 unspecified atom stereocenters. The fourth-order valence-corrected chi connectivity index (χ4v) is 2.08. The van der Waals surface area contributed by atoms with Crippen LogP contribution in [-0.2, 0) is 0 Å². The van der Waals surface area contributed by atoms with E-state index in [1.807, 2.05) is 20.8 Å². The van der Waals surface area contributed by atoms with Crippen LogP contribution in [0.2, 0.25) is 0 Å². The Morgan fingerprint density at radius 3 is 2.67 bits per heavy atom. The van der Waals surface area contributed by atoms with Crippen molar-refractivity contribution in [2.45, 2.75) is 26.8 Å². The van der Waals surface area contributed by atoms with Crippen LogP contribution in [0.25, 0.3) is 0 Å². The number of hydrogen-bond acceptors (Lipinski definition) is 4. The Balaban J connectivity index is 2.24. The van der Waals surface area contributed by atoms with Crippen LogP contribution < -0.4 is 11.1 Å². The van der Waals surface area contributed by atoms with E-state index in [0.717, 1.165) is 17.0 Å². The number of hydrogen-bond donors (Lipinski definition) is 2. The molecule has 1 heterocycles. The number of rotatable bonds is 3. The summed E-state index contributed by atoms with van der Waals surface area (Å²) in [6.07, 6.45) is 0. The van der Waals surface area contributed by atoms with Gasteiger partial charge in [0.2, 0.25) is 0 Å². The van der Waals surface area contributed by atoms with Crippen LogP contribution in [0.15, 0.2) is 22.7 Å². The van der Waals surface area contributed by atoms with Gasteiger partial charge < -0.3 is 15.6 Å². The summed E-state index contributed by atoms with van der Waals surface area (Å²) in [6.45, 7) is 5.73. The van der Waals surface area contributed by atoms with Gasteiger partial charge in [-0.3, -0.25) is 0 Å². The number of nitrogens with two attached hydrogens (primary N) is 1. The number of halogens is 1. The lowest BCUT2D eigenvalue weighted by atomic mass is 10.1. The zero-order chi connectivity index (χ0) is 13.3. The highest BCUT2D eigenvalue weighted by Crippen LogP contribution is 2.28. The second-order valence-corrected chi connectivity index (χ2v) is 4.34. The van der Waals surface area contributed by atoms with Crippen molar-refractivity contribution in [3.8, 4) is 0 Å². The van der Waals surface area contributed by atoms with Gasteiger partial charge in [0.1, 0.15) is 11.6 Å². The molecule has 0 aliphatic rings. The van der Waals surface area contributed by atoms with Gasteiger partial charge in [-0.1, -0.05) is 5.16 Å². The third kappa shape index (κ3) is 2.30. The zero-order valence-electron chi connectivity index (χ0n) is 10.6. The maximum atomic E-state index is 13.0. The minimum atomic E-state index is -0.344. The Morgan fingerprint density at radius 2 is 2.11 bits per heavy atom. The lowest BCUT2D eigenvalue weighted by Crippen LogP contribution is -2.10. The van der Waals surface area contributed by atoms with Crippen LogP contribution in [0.4, 0.5) is 15.8 Å². The van der Waals surface area contributed by atoms with Crippen molar-refractivity contribution in [3.63, 3.8) is 0 Å². The SMILES string of the molecule is Cc1noc(C)c1C(C)Nc1ccc(F)cc1N. The molecule has 1 aromatic carbocycles. The first-order valence-electron chi connectivity index (χ1n) is 5.73. The molecule has 1 atom stereocenters. The van der Waals surface area contributed by atoms with E-state index in [1.165, 1.54) is 12.1 Å². The first-order valence-corrected chi connectivity index (χ1v) is 5.73. The molecule has 0 saturated carbocycles. The molecule has 2 rings (SSSR count). The molecule has 5 heteroatoms. The summed E-state index contributed by atoms with van der Waals surface area (Å²) in [6, 6.07) is 4.28. The van der Waals surface area contributed by atoms with E-state index in [-0.39, 0.29) is 11.9 Å². The molecule has 0 saturated heterocycles. The quantitative estimate of drug-likeness (QED) is 0.820. The molecule has 96 valence electrons. The third-order valence-corrected chi connectivity index (χ3v) is 2.91. The fraction of sp³-hybridized carbons (Fsp3) is 0.308. The van der Waals surface area contributed by atoms with E-state index in [2.05, 4.69) is 10.5 Å². The minimum absolute atomic E-state index is 0.0102. The van der Waals surface area contributed by atoms with Gasteiger partial charge in [0, 0.05) is 5.56 Å². The summed E-state index contributed by atoms with van der Waals surface area (Å²) in [7, 11) is 0. The molecule has 0 aliphatic carbocycles. The molecule has 18 heavy (non-hydrogen) atoms. The van der Waals surface area contributed by atoms with Gasteiger partial charge >= 0.3 is 0 Å².